The first-order valence-electron chi connectivity index (χ1n) is 6.35. The van der Waals surface area contributed by atoms with Crippen molar-refractivity contribution in [1.29, 1.82) is 0 Å². The Hall–Kier alpha value is -1.08. The molecule has 1 unspecified atom stereocenters. The second-order valence-corrected chi connectivity index (χ2v) is 4.66. The molecule has 2 rings (SSSR count). The maximum Gasteiger partial charge on any atom is 0.0229 e. The third-order valence-electron chi connectivity index (χ3n) is 3.35. The van der Waals surface area contributed by atoms with Crippen molar-refractivity contribution >= 4 is 5.57 Å². The third-order valence-corrected chi connectivity index (χ3v) is 3.35. The van der Waals surface area contributed by atoms with E-state index in [0.717, 1.165) is 12.8 Å². The number of hydrogen-bond acceptors (Lipinski definition) is 1. The number of allylic oxidation sites excluding steroid dienone is 1. The molecule has 0 spiro atoms. The van der Waals surface area contributed by atoms with E-state index < -0.39 is 0 Å². The lowest BCUT2D eigenvalue weighted by Gasteiger charge is -2.08. The van der Waals surface area contributed by atoms with Crippen LogP contribution in [-0.2, 0) is 6.42 Å². The summed E-state index contributed by atoms with van der Waals surface area (Å²) in [6.45, 7) is 2.20. The molecular weight excluding hydrogens is 194 g/mol. The Kier molecular flexibility index (Phi) is 3.79. The molecule has 0 amide bonds. The summed E-state index contributed by atoms with van der Waals surface area (Å²) in [4.78, 5) is 0. The van der Waals surface area contributed by atoms with Gasteiger partial charge in [-0.3, -0.25) is 0 Å². The lowest BCUT2D eigenvalue weighted by molar-refractivity contribution is 0.658. The van der Waals surface area contributed by atoms with Crippen LogP contribution in [0, 0.1) is 0 Å². The topological polar surface area (TPSA) is 26.0 Å². The minimum absolute atomic E-state index is 0.253. The first kappa shape index (κ1) is 11.4. The molecule has 1 nitrogen and oxygen atoms in total. The van der Waals surface area contributed by atoms with Crippen LogP contribution >= 0.6 is 0 Å². The van der Waals surface area contributed by atoms with Crippen molar-refractivity contribution in [3.8, 4) is 0 Å². The maximum atomic E-state index is 6.06. The van der Waals surface area contributed by atoms with Crippen LogP contribution in [-0.4, -0.2) is 6.04 Å². The number of rotatable bonds is 2. The quantitative estimate of drug-likeness (QED) is 0.802. The molecule has 16 heavy (non-hydrogen) atoms. The highest BCUT2D eigenvalue weighted by atomic mass is 14.6. The van der Waals surface area contributed by atoms with Gasteiger partial charge in [0.1, 0.15) is 0 Å². The van der Waals surface area contributed by atoms with E-state index >= 15 is 0 Å². The average Bonchev–Trinajstić information content (AvgIpc) is 2.54. The van der Waals surface area contributed by atoms with E-state index in [1.54, 1.807) is 0 Å². The highest BCUT2D eigenvalue weighted by molar-refractivity contribution is 5.67. The summed E-state index contributed by atoms with van der Waals surface area (Å²) in [5.41, 5.74) is 10.3. The molecule has 1 aliphatic rings. The Morgan fingerprint density at radius 3 is 3.00 bits per heavy atom. The van der Waals surface area contributed by atoms with Crippen LogP contribution < -0.4 is 5.73 Å². The number of aryl methyl sites for hydroxylation is 1. The molecule has 1 aromatic rings. The monoisotopic (exact) mass is 215 g/mol. The van der Waals surface area contributed by atoms with Crippen molar-refractivity contribution in [2.75, 3.05) is 0 Å². The van der Waals surface area contributed by atoms with E-state index in [1.165, 1.54) is 36.0 Å². The van der Waals surface area contributed by atoms with Crippen molar-refractivity contribution in [1.82, 2.24) is 0 Å². The second kappa shape index (κ2) is 5.31. The fraction of sp³-hybridized carbons (Fsp3) is 0.467. The third kappa shape index (κ3) is 2.73. The van der Waals surface area contributed by atoms with Crippen LogP contribution in [0.15, 0.2) is 30.3 Å². The molecule has 0 aromatic heterocycles. The minimum Gasteiger partial charge on any atom is -0.324 e. The van der Waals surface area contributed by atoms with Crippen LogP contribution in [0.25, 0.3) is 5.57 Å². The van der Waals surface area contributed by atoms with Gasteiger partial charge in [0, 0.05) is 6.04 Å². The molecule has 0 aliphatic heterocycles. The summed E-state index contributed by atoms with van der Waals surface area (Å²) in [6, 6.07) is 9.13. The molecular formula is C15H21N. The predicted octanol–water partition coefficient (Wildman–Crippen LogP) is 3.53. The van der Waals surface area contributed by atoms with Crippen molar-refractivity contribution in [2.45, 2.75) is 45.1 Å². The lowest BCUT2D eigenvalue weighted by Crippen LogP contribution is -2.15. The summed E-state index contributed by atoms with van der Waals surface area (Å²) in [6.07, 6.45) is 8.22. The molecule has 0 bridgehead atoms. The van der Waals surface area contributed by atoms with Crippen molar-refractivity contribution in [3.63, 3.8) is 0 Å². The Bertz CT molecular complexity index is 379. The van der Waals surface area contributed by atoms with Gasteiger partial charge in [0.25, 0.3) is 0 Å². The summed E-state index contributed by atoms with van der Waals surface area (Å²) in [5, 5.41) is 0. The number of nitrogens with two attached hydrogens (primary N) is 1. The molecule has 0 radical (unpaired) electrons. The zero-order chi connectivity index (χ0) is 11.4. The molecule has 1 aromatic carbocycles. The van der Waals surface area contributed by atoms with Gasteiger partial charge in [-0.25, -0.2) is 0 Å². The average molecular weight is 215 g/mol. The highest BCUT2D eigenvalue weighted by Gasteiger charge is 2.10. The first-order chi connectivity index (χ1) is 7.79. The van der Waals surface area contributed by atoms with Gasteiger partial charge in [0.15, 0.2) is 0 Å². The summed E-state index contributed by atoms with van der Waals surface area (Å²) in [7, 11) is 0. The molecule has 0 heterocycles. The molecule has 2 N–H and O–H groups in total. The van der Waals surface area contributed by atoms with Crippen molar-refractivity contribution in [3.05, 3.63) is 41.5 Å². The van der Waals surface area contributed by atoms with Crippen LogP contribution in [0.2, 0.25) is 0 Å². The van der Waals surface area contributed by atoms with Gasteiger partial charge in [0.2, 0.25) is 0 Å². The molecule has 1 aliphatic carbocycles. The number of benzene rings is 1. The van der Waals surface area contributed by atoms with E-state index in [-0.39, 0.29) is 6.04 Å². The van der Waals surface area contributed by atoms with Crippen molar-refractivity contribution in [2.24, 2.45) is 5.73 Å². The maximum absolute atomic E-state index is 6.06. The van der Waals surface area contributed by atoms with Crippen LogP contribution in [0.3, 0.4) is 0 Å². The lowest BCUT2D eigenvalue weighted by atomic mass is 9.98. The standard InChI is InChI=1S/C15H21N/c1-2-12-6-5-8-13(10-12)14-7-3-4-9-15(16)11-14/h5-6,8,10-11,15H,2-4,7,9,16H2,1H3. The zero-order valence-electron chi connectivity index (χ0n) is 10.1. The number of hydrogen-bond donors (Lipinski definition) is 1. The van der Waals surface area contributed by atoms with Crippen LogP contribution in [0.1, 0.15) is 43.7 Å². The minimum atomic E-state index is 0.253. The first-order valence-corrected chi connectivity index (χ1v) is 6.35. The van der Waals surface area contributed by atoms with E-state index in [0.29, 0.717) is 0 Å². The van der Waals surface area contributed by atoms with Gasteiger partial charge >= 0.3 is 0 Å². The zero-order valence-corrected chi connectivity index (χ0v) is 10.1. The van der Waals surface area contributed by atoms with E-state index in [2.05, 4.69) is 37.3 Å². The van der Waals surface area contributed by atoms with E-state index in [9.17, 15) is 0 Å². The normalized spacial score (nSPS) is 21.4. The molecule has 0 fully saturated rings. The van der Waals surface area contributed by atoms with Gasteiger partial charge in [-0.2, -0.15) is 0 Å². The van der Waals surface area contributed by atoms with Gasteiger partial charge in [-0.15, -0.1) is 0 Å². The molecule has 1 heteroatoms. The van der Waals surface area contributed by atoms with Crippen LogP contribution in [0.5, 0.6) is 0 Å². The predicted molar refractivity (Wildman–Crippen MR) is 70.2 cm³/mol. The van der Waals surface area contributed by atoms with Gasteiger partial charge in [-0.1, -0.05) is 43.7 Å². The summed E-state index contributed by atoms with van der Waals surface area (Å²) >= 11 is 0. The van der Waals surface area contributed by atoms with E-state index in [4.69, 9.17) is 5.73 Å². The Balaban J connectivity index is 2.27. The van der Waals surface area contributed by atoms with Crippen LogP contribution in [0.4, 0.5) is 0 Å². The van der Waals surface area contributed by atoms with Crippen molar-refractivity contribution < 1.29 is 0 Å². The van der Waals surface area contributed by atoms with Gasteiger partial charge < -0.3 is 5.73 Å². The summed E-state index contributed by atoms with van der Waals surface area (Å²) in [5.74, 6) is 0. The Morgan fingerprint density at radius 2 is 2.19 bits per heavy atom. The second-order valence-electron chi connectivity index (χ2n) is 4.66. The van der Waals surface area contributed by atoms with Gasteiger partial charge in [-0.05, 0) is 42.4 Å². The fourth-order valence-electron chi connectivity index (χ4n) is 2.35. The fourth-order valence-corrected chi connectivity index (χ4v) is 2.35. The smallest absolute Gasteiger partial charge is 0.0229 e. The molecule has 0 saturated carbocycles. The summed E-state index contributed by atoms with van der Waals surface area (Å²) < 4.78 is 0. The SMILES string of the molecule is CCc1cccc(C2=CC(N)CCCC2)c1. The highest BCUT2D eigenvalue weighted by Crippen LogP contribution is 2.26. The largest absolute Gasteiger partial charge is 0.324 e. The molecule has 0 saturated heterocycles. The molecule has 1 atom stereocenters. The molecule has 86 valence electrons. The van der Waals surface area contributed by atoms with E-state index in [1.807, 2.05) is 0 Å². The Labute approximate surface area is 98.4 Å². The van der Waals surface area contributed by atoms with Gasteiger partial charge in [0.05, 0.1) is 0 Å². The Morgan fingerprint density at radius 1 is 1.31 bits per heavy atom.